The van der Waals surface area contributed by atoms with E-state index < -0.39 is 0 Å². The molecule has 1 unspecified atom stereocenters. The number of thioether (sulfide) groups is 1. The van der Waals surface area contributed by atoms with Gasteiger partial charge in [-0.1, -0.05) is 18.2 Å². The van der Waals surface area contributed by atoms with E-state index in [1.165, 1.54) is 18.6 Å². The average molecular weight is 415 g/mol. The van der Waals surface area contributed by atoms with Crippen LogP contribution >= 0.6 is 11.8 Å². The molecule has 6 nitrogen and oxygen atoms in total. The van der Waals surface area contributed by atoms with Crippen molar-refractivity contribution in [3.63, 3.8) is 0 Å². The van der Waals surface area contributed by atoms with Crippen LogP contribution in [0.5, 0.6) is 17.4 Å². The van der Waals surface area contributed by atoms with Crippen LogP contribution in [0, 0.1) is 0 Å². The number of ether oxygens (including phenoxy) is 2. The molecule has 1 aliphatic heterocycles. The largest absolute Gasteiger partial charge is 0.490 e. The number of guanidine groups is 1. The maximum Gasteiger partial charge on any atom is 0.219 e. The lowest BCUT2D eigenvalue weighted by Crippen LogP contribution is -2.43. The molecule has 0 bridgehead atoms. The lowest BCUT2D eigenvalue weighted by Gasteiger charge is -2.24. The number of aliphatic imine (C=N–C) groups is 1. The molecule has 1 aliphatic rings. The van der Waals surface area contributed by atoms with Crippen LogP contribution < -0.4 is 20.1 Å². The second-order valence-corrected chi connectivity index (χ2v) is 8.85. The summed E-state index contributed by atoms with van der Waals surface area (Å²) < 4.78 is 11.8. The zero-order valence-electron chi connectivity index (χ0n) is 17.4. The maximum atomic E-state index is 5.88. The monoisotopic (exact) mass is 414 g/mol. The molecule has 156 valence electrons. The molecule has 7 heteroatoms. The molecule has 0 aliphatic carbocycles. The van der Waals surface area contributed by atoms with Gasteiger partial charge in [-0.2, -0.15) is 11.8 Å². The van der Waals surface area contributed by atoms with Crippen LogP contribution in [-0.2, 0) is 6.54 Å². The molecule has 3 rings (SSSR count). The summed E-state index contributed by atoms with van der Waals surface area (Å²) in [4.78, 5) is 8.74. The van der Waals surface area contributed by atoms with Crippen LogP contribution in [0.3, 0.4) is 0 Å². The van der Waals surface area contributed by atoms with E-state index in [0.29, 0.717) is 35.3 Å². The number of nitrogens with one attached hydrogen (secondary N) is 2. The van der Waals surface area contributed by atoms with Crippen molar-refractivity contribution in [3.05, 3.63) is 48.2 Å². The number of benzene rings is 1. The predicted octanol–water partition coefficient (Wildman–Crippen LogP) is 4.22. The van der Waals surface area contributed by atoms with Gasteiger partial charge in [0.2, 0.25) is 5.88 Å². The number of rotatable bonds is 8. The van der Waals surface area contributed by atoms with E-state index in [2.05, 4.69) is 27.5 Å². The van der Waals surface area contributed by atoms with Gasteiger partial charge in [-0.25, -0.2) is 4.98 Å². The molecule has 1 fully saturated rings. The number of para-hydroxylation sites is 2. The highest BCUT2D eigenvalue weighted by Gasteiger charge is 2.29. The van der Waals surface area contributed by atoms with E-state index in [9.17, 15) is 0 Å². The Bertz CT molecular complexity index is 805. The standard InChI is InChI=1S/C22H30N4O2S/c1-4-27-18-8-5-6-9-19(18)28-20-11-10-17(14-24-20)15-25-21(23-3)26-16-22(2)12-7-13-29-22/h5-6,8-11,14H,4,7,12-13,15-16H2,1-3H3,(H2,23,25,26). The van der Waals surface area contributed by atoms with E-state index in [-0.39, 0.29) is 0 Å². The van der Waals surface area contributed by atoms with Crippen molar-refractivity contribution >= 4 is 17.7 Å². The molecule has 0 radical (unpaired) electrons. The first-order chi connectivity index (χ1) is 14.1. The first-order valence-corrected chi connectivity index (χ1v) is 11.0. The van der Waals surface area contributed by atoms with Crippen LogP contribution in [0.1, 0.15) is 32.3 Å². The molecule has 0 saturated carbocycles. The second-order valence-electron chi connectivity index (χ2n) is 7.17. The summed E-state index contributed by atoms with van der Waals surface area (Å²) in [5, 5.41) is 6.79. The van der Waals surface area contributed by atoms with Crippen molar-refractivity contribution < 1.29 is 9.47 Å². The Morgan fingerprint density at radius 1 is 1.21 bits per heavy atom. The van der Waals surface area contributed by atoms with Gasteiger partial charge in [0.05, 0.1) is 6.61 Å². The minimum atomic E-state index is 0.302. The highest BCUT2D eigenvalue weighted by Crippen LogP contribution is 2.36. The van der Waals surface area contributed by atoms with E-state index >= 15 is 0 Å². The average Bonchev–Trinajstić information content (AvgIpc) is 3.17. The fourth-order valence-electron chi connectivity index (χ4n) is 3.15. The summed E-state index contributed by atoms with van der Waals surface area (Å²) in [6.07, 6.45) is 4.36. The number of pyridine rings is 1. The summed E-state index contributed by atoms with van der Waals surface area (Å²) in [6.45, 7) is 6.42. The third-order valence-electron chi connectivity index (χ3n) is 4.77. The van der Waals surface area contributed by atoms with Crippen molar-refractivity contribution in [2.45, 2.75) is 38.0 Å². The Hall–Kier alpha value is -2.41. The molecule has 1 aromatic carbocycles. The molecular weight excluding hydrogens is 384 g/mol. The number of hydrogen-bond donors (Lipinski definition) is 2. The highest BCUT2D eigenvalue weighted by molar-refractivity contribution is 8.00. The van der Waals surface area contributed by atoms with Crippen molar-refractivity contribution in [1.82, 2.24) is 15.6 Å². The molecule has 2 heterocycles. The van der Waals surface area contributed by atoms with Gasteiger partial charge in [-0.3, -0.25) is 4.99 Å². The predicted molar refractivity (Wildman–Crippen MR) is 120 cm³/mol. The topological polar surface area (TPSA) is 67.8 Å². The van der Waals surface area contributed by atoms with Crippen LogP contribution in [0.15, 0.2) is 47.6 Å². The SMILES string of the molecule is CCOc1ccccc1Oc1ccc(CNC(=NC)NCC2(C)CCCS2)cn1. The molecular formula is C22H30N4O2S. The summed E-state index contributed by atoms with van der Waals surface area (Å²) in [5.41, 5.74) is 1.06. The minimum Gasteiger partial charge on any atom is -0.490 e. The van der Waals surface area contributed by atoms with Gasteiger partial charge in [-0.05, 0) is 50.1 Å². The molecule has 0 spiro atoms. The Balaban J connectivity index is 1.51. The van der Waals surface area contributed by atoms with Gasteiger partial charge in [-0.15, -0.1) is 0 Å². The van der Waals surface area contributed by atoms with E-state index in [1.54, 1.807) is 7.05 Å². The van der Waals surface area contributed by atoms with Crippen molar-refractivity contribution in [2.24, 2.45) is 4.99 Å². The van der Waals surface area contributed by atoms with Crippen molar-refractivity contribution in [1.29, 1.82) is 0 Å². The van der Waals surface area contributed by atoms with Crippen LogP contribution in [-0.4, -0.2) is 41.6 Å². The molecule has 0 amide bonds. The Morgan fingerprint density at radius 2 is 2.03 bits per heavy atom. The summed E-state index contributed by atoms with van der Waals surface area (Å²) in [7, 11) is 1.80. The van der Waals surface area contributed by atoms with E-state index in [4.69, 9.17) is 9.47 Å². The second kappa shape index (κ2) is 10.4. The minimum absolute atomic E-state index is 0.302. The molecule has 1 saturated heterocycles. The van der Waals surface area contributed by atoms with Gasteiger partial charge in [0.15, 0.2) is 17.5 Å². The Labute approximate surface area is 177 Å². The fraction of sp³-hybridized carbons (Fsp3) is 0.455. The summed E-state index contributed by atoms with van der Waals surface area (Å²) >= 11 is 2.04. The van der Waals surface area contributed by atoms with Gasteiger partial charge >= 0.3 is 0 Å². The first kappa shape index (κ1) is 21.3. The number of hydrogen-bond acceptors (Lipinski definition) is 5. The fourth-order valence-corrected chi connectivity index (χ4v) is 4.40. The Morgan fingerprint density at radius 3 is 2.69 bits per heavy atom. The smallest absolute Gasteiger partial charge is 0.219 e. The number of aromatic nitrogens is 1. The lowest BCUT2D eigenvalue weighted by molar-refractivity contribution is 0.319. The summed E-state index contributed by atoms with van der Waals surface area (Å²) in [5.74, 6) is 3.97. The van der Waals surface area contributed by atoms with Crippen molar-refractivity contribution in [2.75, 3.05) is 26.0 Å². The van der Waals surface area contributed by atoms with E-state index in [1.807, 2.05) is 61.3 Å². The van der Waals surface area contributed by atoms with Gasteiger partial charge in [0.25, 0.3) is 0 Å². The molecule has 29 heavy (non-hydrogen) atoms. The van der Waals surface area contributed by atoms with Gasteiger partial charge < -0.3 is 20.1 Å². The van der Waals surface area contributed by atoms with E-state index in [0.717, 1.165) is 18.1 Å². The van der Waals surface area contributed by atoms with Crippen LogP contribution in [0.25, 0.3) is 0 Å². The molecule has 1 aromatic heterocycles. The third-order valence-corrected chi connectivity index (χ3v) is 6.31. The van der Waals surface area contributed by atoms with Gasteiger partial charge in [0.1, 0.15) is 0 Å². The summed E-state index contributed by atoms with van der Waals surface area (Å²) in [6, 6.07) is 11.5. The zero-order chi connectivity index (χ0) is 20.5. The zero-order valence-corrected chi connectivity index (χ0v) is 18.2. The Kier molecular flexibility index (Phi) is 7.63. The lowest BCUT2D eigenvalue weighted by atomic mass is 10.1. The third kappa shape index (κ3) is 6.29. The number of nitrogens with zero attached hydrogens (tertiary/aromatic N) is 2. The van der Waals surface area contributed by atoms with Gasteiger partial charge in [0, 0.05) is 37.1 Å². The molecule has 2 N–H and O–H groups in total. The maximum absolute atomic E-state index is 5.88. The quantitative estimate of drug-likeness (QED) is 0.498. The first-order valence-electron chi connectivity index (χ1n) is 10.0. The van der Waals surface area contributed by atoms with Crippen LogP contribution in [0.4, 0.5) is 0 Å². The molecule has 2 aromatic rings. The molecule has 1 atom stereocenters. The highest BCUT2D eigenvalue weighted by atomic mass is 32.2. The normalized spacial score (nSPS) is 19.1. The van der Waals surface area contributed by atoms with Crippen LogP contribution in [0.2, 0.25) is 0 Å². The van der Waals surface area contributed by atoms with Crippen molar-refractivity contribution in [3.8, 4) is 17.4 Å².